The minimum Gasteiger partial charge on any atom is -0.427 e. The summed E-state index contributed by atoms with van der Waals surface area (Å²) in [5, 5.41) is 15.2. The van der Waals surface area contributed by atoms with Crippen LogP contribution in [0.25, 0.3) is 0 Å². The van der Waals surface area contributed by atoms with Gasteiger partial charge in [-0.1, -0.05) is 34.3 Å². The molecule has 0 aromatic heterocycles. The van der Waals surface area contributed by atoms with Crippen LogP contribution >= 0.6 is 0 Å². The lowest BCUT2D eigenvalue weighted by Gasteiger charge is -1.71. The van der Waals surface area contributed by atoms with E-state index in [0.717, 1.165) is 6.71 Å². The standard InChI is InChI=1S/C3H9B.C2H6.CH5BO2/c1-4(2)3;1-2;1-2(3)4/h1-3H3;1-2H3;3-4H,1H3. The summed E-state index contributed by atoms with van der Waals surface area (Å²) in [5.74, 6) is 0. The van der Waals surface area contributed by atoms with E-state index in [1.165, 1.54) is 6.82 Å². The Labute approximate surface area is 65.9 Å². The Balaban J connectivity index is -0.0000000787. The van der Waals surface area contributed by atoms with E-state index in [1.54, 1.807) is 0 Å². The molecule has 0 atom stereocenters. The molecule has 0 aromatic rings. The molecule has 0 saturated heterocycles. The van der Waals surface area contributed by atoms with Gasteiger partial charge in [-0.15, -0.1) is 0 Å². The lowest BCUT2D eigenvalue weighted by molar-refractivity contribution is 0.417. The van der Waals surface area contributed by atoms with Gasteiger partial charge in [-0.3, -0.25) is 0 Å². The predicted molar refractivity (Wildman–Crippen MR) is 50.7 cm³/mol. The molecule has 62 valence electrons. The zero-order valence-corrected chi connectivity index (χ0v) is 8.05. The Bertz CT molecular complexity index is 29.2. The van der Waals surface area contributed by atoms with Gasteiger partial charge < -0.3 is 10.0 Å². The van der Waals surface area contributed by atoms with Crippen molar-refractivity contribution in [1.82, 2.24) is 0 Å². The first-order valence-electron chi connectivity index (χ1n) is 3.83. The second-order valence-corrected chi connectivity index (χ2v) is 2.36. The Morgan fingerprint density at radius 3 is 0.800 bits per heavy atom. The zero-order valence-electron chi connectivity index (χ0n) is 8.05. The summed E-state index contributed by atoms with van der Waals surface area (Å²) in [4.78, 5) is 0. The van der Waals surface area contributed by atoms with Gasteiger partial charge in [0.15, 0.2) is 0 Å². The van der Waals surface area contributed by atoms with Crippen molar-refractivity contribution in [1.29, 1.82) is 0 Å². The molecule has 0 aromatic carbocycles. The summed E-state index contributed by atoms with van der Waals surface area (Å²) in [5.41, 5.74) is 0. The van der Waals surface area contributed by atoms with Crippen LogP contribution in [0.15, 0.2) is 0 Å². The number of rotatable bonds is 0. The van der Waals surface area contributed by atoms with Crippen molar-refractivity contribution in [3.8, 4) is 0 Å². The molecule has 2 N–H and O–H groups in total. The highest BCUT2D eigenvalue weighted by Crippen LogP contribution is 1.68. The molecule has 0 spiro atoms. The lowest BCUT2D eigenvalue weighted by atomic mass is 9.58. The van der Waals surface area contributed by atoms with E-state index in [0.29, 0.717) is 0 Å². The summed E-state index contributed by atoms with van der Waals surface area (Å²) in [6.07, 6.45) is 0. The third-order valence-electron chi connectivity index (χ3n) is 0. The first-order chi connectivity index (χ1) is 4.46. The van der Waals surface area contributed by atoms with Crippen molar-refractivity contribution in [2.75, 3.05) is 0 Å². The van der Waals surface area contributed by atoms with E-state index in [1.807, 2.05) is 13.8 Å². The van der Waals surface area contributed by atoms with Gasteiger partial charge in [0, 0.05) is 0 Å². The van der Waals surface area contributed by atoms with Gasteiger partial charge in [0.1, 0.15) is 6.71 Å². The van der Waals surface area contributed by atoms with Gasteiger partial charge in [0.2, 0.25) is 0 Å². The van der Waals surface area contributed by atoms with Crippen molar-refractivity contribution in [2.45, 2.75) is 41.1 Å². The Morgan fingerprint density at radius 1 is 0.800 bits per heavy atom. The van der Waals surface area contributed by atoms with Crippen molar-refractivity contribution < 1.29 is 10.0 Å². The van der Waals surface area contributed by atoms with Crippen LogP contribution in [0.3, 0.4) is 0 Å². The van der Waals surface area contributed by atoms with Crippen molar-refractivity contribution in [3.05, 3.63) is 0 Å². The second kappa shape index (κ2) is 16.0. The van der Waals surface area contributed by atoms with Crippen LogP contribution in [0.5, 0.6) is 0 Å². The third kappa shape index (κ3) is 161000. The zero-order chi connectivity index (χ0) is 9.15. The third-order valence-corrected chi connectivity index (χ3v) is 0. The lowest BCUT2D eigenvalue weighted by Crippen LogP contribution is -2.00. The highest BCUT2D eigenvalue weighted by Gasteiger charge is 1.86. The van der Waals surface area contributed by atoms with Gasteiger partial charge in [-0.25, -0.2) is 0 Å². The van der Waals surface area contributed by atoms with Crippen LogP contribution in [0, 0.1) is 0 Å². The van der Waals surface area contributed by atoms with Crippen LogP contribution in [0.2, 0.25) is 27.3 Å². The normalized spacial score (nSPS) is 6.00. The first-order valence-corrected chi connectivity index (χ1v) is 3.83. The number of hydrogen-bond acceptors (Lipinski definition) is 2. The van der Waals surface area contributed by atoms with Crippen molar-refractivity contribution in [2.24, 2.45) is 0 Å². The molecule has 4 heteroatoms. The van der Waals surface area contributed by atoms with Gasteiger partial charge in [0.25, 0.3) is 0 Å². The van der Waals surface area contributed by atoms with Crippen LogP contribution in [0.1, 0.15) is 13.8 Å². The summed E-state index contributed by atoms with van der Waals surface area (Å²) in [6, 6.07) is 0. The maximum atomic E-state index is 7.61. The van der Waals surface area contributed by atoms with Gasteiger partial charge >= 0.3 is 7.12 Å². The Kier molecular flexibility index (Phi) is 26.5. The summed E-state index contributed by atoms with van der Waals surface area (Å²) >= 11 is 0. The molecule has 10 heavy (non-hydrogen) atoms. The maximum Gasteiger partial charge on any atom is 0.448 e. The van der Waals surface area contributed by atoms with E-state index in [-0.39, 0.29) is 0 Å². The van der Waals surface area contributed by atoms with E-state index in [4.69, 9.17) is 10.0 Å². The van der Waals surface area contributed by atoms with E-state index in [2.05, 4.69) is 20.5 Å². The molecular weight excluding hydrogens is 126 g/mol. The van der Waals surface area contributed by atoms with Gasteiger partial charge in [-0.05, 0) is 6.82 Å². The summed E-state index contributed by atoms with van der Waals surface area (Å²) in [6.45, 7) is 12.6. The number of hydrogen-bond donors (Lipinski definition) is 2. The molecule has 0 aliphatic rings. The fraction of sp³-hybridized carbons (Fsp3) is 1.00. The summed E-state index contributed by atoms with van der Waals surface area (Å²) in [7, 11) is -1.17. The molecule has 0 rings (SSSR count). The molecule has 0 saturated carbocycles. The van der Waals surface area contributed by atoms with E-state index >= 15 is 0 Å². The Hall–Kier alpha value is 0.0499. The molecule has 0 bridgehead atoms. The maximum absolute atomic E-state index is 7.61. The average Bonchev–Trinajstić information content (AvgIpc) is 1.66. The molecule has 0 heterocycles. The first kappa shape index (κ1) is 16.6. The minimum absolute atomic E-state index is 0.833. The molecule has 0 fully saturated rings. The van der Waals surface area contributed by atoms with Crippen LogP contribution in [-0.2, 0) is 0 Å². The van der Waals surface area contributed by atoms with Crippen molar-refractivity contribution >= 4 is 13.8 Å². The minimum atomic E-state index is -1.17. The summed E-state index contributed by atoms with van der Waals surface area (Å²) < 4.78 is 0. The van der Waals surface area contributed by atoms with Crippen LogP contribution < -0.4 is 0 Å². The SMILES string of the molecule is CB(C)C.CB(O)O.CC. The molecule has 0 radical (unpaired) electrons. The topological polar surface area (TPSA) is 40.5 Å². The monoisotopic (exact) mass is 146 g/mol. The average molecular weight is 146 g/mol. The quantitative estimate of drug-likeness (QED) is 0.508. The predicted octanol–water partition coefficient (Wildman–Crippen LogP) is 1.49. The molecule has 0 amide bonds. The van der Waals surface area contributed by atoms with Crippen LogP contribution in [0.4, 0.5) is 0 Å². The highest BCUT2D eigenvalue weighted by atomic mass is 16.4. The smallest absolute Gasteiger partial charge is 0.427 e. The molecule has 0 aliphatic heterocycles. The fourth-order valence-corrected chi connectivity index (χ4v) is 0. The Morgan fingerprint density at radius 2 is 0.800 bits per heavy atom. The largest absolute Gasteiger partial charge is 0.448 e. The van der Waals surface area contributed by atoms with E-state index in [9.17, 15) is 0 Å². The molecular formula is C6H20B2O2. The molecule has 0 unspecified atom stereocenters. The van der Waals surface area contributed by atoms with Crippen LogP contribution in [-0.4, -0.2) is 23.9 Å². The van der Waals surface area contributed by atoms with Gasteiger partial charge in [-0.2, -0.15) is 0 Å². The fourth-order valence-electron chi connectivity index (χ4n) is 0. The highest BCUT2D eigenvalue weighted by molar-refractivity contribution is 6.54. The molecule has 2 nitrogen and oxygen atoms in total. The van der Waals surface area contributed by atoms with E-state index < -0.39 is 7.12 Å². The molecule has 0 aliphatic carbocycles. The second-order valence-electron chi connectivity index (χ2n) is 2.36. The van der Waals surface area contributed by atoms with Crippen molar-refractivity contribution in [3.63, 3.8) is 0 Å². The van der Waals surface area contributed by atoms with Gasteiger partial charge in [0.05, 0.1) is 0 Å².